The van der Waals surface area contributed by atoms with E-state index < -0.39 is 0 Å². The minimum absolute atomic E-state index is 0.173. The summed E-state index contributed by atoms with van der Waals surface area (Å²) in [6.45, 7) is 0. The maximum Gasteiger partial charge on any atom is 0.212 e. The molecule has 0 saturated carbocycles. The van der Waals surface area contributed by atoms with Gasteiger partial charge in [0.15, 0.2) is 15.9 Å². The van der Waals surface area contributed by atoms with E-state index in [1.165, 1.54) is 11.3 Å². The van der Waals surface area contributed by atoms with Crippen molar-refractivity contribution >= 4 is 33.8 Å². The molecule has 0 aliphatic rings. The van der Waals surface area contributed by atoms with Gasteiger partial charge in [0.1, 0.15) is 0 Å². The van der Waals surface area contributed by atoms with E-state index in [9.17, 15) is 0 Å². The molecule has 0 aliphatic heterocycles. The van der Waals surface area contributed by atoms with E-state index >= 15 is 0 Å². The number of furan rings is 1. The largest absolute Gasteiger partial charge is 0.462 e. The Morgan fingerprint density at radius 2 is 2.43 bits per heavy atom. The Balaban J connectivity index is 2.22. The molecule has 0 spiro atoms. The van der Waals surface area contributed by atoms with E-state index in [0.717, 1.165) is 0 Å². The van der Waals surface area contributed by atoms with Gasteiger partial charge in [0.2, 0.25) is 5.13 Å². The lowest BCUT2D eigenvalue weighted by Crippen LogP contribution is -2.18. The van der Waals surface area contributed by atoms with Gasteiger partial charge in [-0.25, -0.2) is 0 Å². The summed E-state index contributed by atoms with van der Waals surface area (Å²) in [4.78, 5) is 0. The molecule has 0 radical (unpaired) electrons. The van der Waals surface area contributed by atoms with Crippen molar-refractivity contribution in [2.75, 3.05) is 5.32 Å². The second kappa shape index (κ2) is 3.72. The van der Waals surface area contributed by atoms with Crippen molar-refractivity contribution in [3.8, 4) is 10.8 Å². The molecule has 0 amide bonds. The van der Waals surface area contributed by atoms with Gasteiger partial charge in [0.25, 0.3) is 0 Å². The van der Waals surface area contributed by atoms with E-state index in [2.05, 4.69) is 27.7 Å². The van der Waals surface area contributed by atoms with E-state index in [0.29, 0.717) is 15.9 Å². The molecule has 7 heteroatoms. The zero-order valence-corrected chi connectivity index (χ0v) is 8.56. The van der Waals surface area contributed by atoms with Crippen molar-refractivity contribution in [1.82, 2.24) is 10.2 Å². The average molecular weight is 226 g/mol. The van der Waals surface area contributed by atoms with Crippen LogP contribution in [0.4, 0.5) is 5.13 Å². The highest BCUT2D eigenvalue weighted by Gasteiger charge is 2.08. The number of nitrogens with two attached hydrogens (primary N) is 1. The highest BCUT2D eigenvalue weighted by atomic mass is 32.1. The van der Waals surface area contributed by atoms with Crippen LogP contribution in [0.15, 0.2) is 22.8 Å². The van der Waals surface area contributed by atoms with Crippen molar-refractivity contribution < 1.29 is 4.42 Å². The van der Waals surface area contributed by atoms with Crippen molar-refractivity contribution in [2.24, 2.45) is 5.73 Å². The molecule has 2 aromatic heterocycles. The van der Waals surface area contributed by atoms with E-state index in [-0.39, 0.29) is 5.11 Å². The van der Waals surface area contributed by atoms with E-state index in [1.807, 2.05) is 6.07 Å². The molecular weight excluding hydrogens is 220 g/mol. The van der Waals surface area contributed by atoms with Crippen LogP contribution in [-0.4, -0.2) is 15.3 Å². The molecular formula is C7H6N4OS2. The first-order valence-electron chi connectivity index (χ1n) is 3.69. The highest BCUT2D eigenvalue weighted by molar-refractivity contribution is 7.80. The van der Waals surface area contributed by atoms with Gasteiger partial charge in [0.05, 0.1) is 6.26 Å². The first-order valence-corrected chi connectivity index (χ1v) is 4.92. The van der Waals surface area contributed by atoms with E-state index in [4.69, 9.17) is 10.2 Å². The minimum Gasteiger partial charge on any atom is -0.462 e. The molecule has 72 valence electrons. The fraction of sp³-hybridized carbons (Fsp3) is 0. The van der Waals surface area contributed by atoms with Crippen LogP contribution in [-0.2, 0) is 0 Å². The van der Waals surface area contributed by atoms with Gasteiger partial charge in [-0.15, -0.1) is 10.2 Å². The lowest BCUT2D eigenvalue weighted by atomic mass is 10.5. The topological polar surface area (TPSA) is 77.0 Å². The standard InChI is InChI=1S/C7H6N4OS2/c8-6(13)9-7-11-10-5(14-7)4-2-1-3-12-4/h1-3H,(H3,8,9,11,13). The number of thiocarbonyl (C=S) groups is 1. The number of hydrogen-bond donors (Lipinski definition) is 2. The maximum atomic E-state index is 5.29. The second-order valence-corrected chi connectivity index (χ2v) is 3.80. The lowest BCUT2D eigenvalue weighted by Gasteiger charge is -1.93. The molecule has 2 aromatic rings. The monoisotopic (exact) mass is 226 g/mol. The normalized spacial score (nSPS) is 10.0. The molecule has 5 nitrogen and oxygen atoms in total. The second-order valence-electron chi connectivity index (χ2n) is 2.38. The van der Waals surface area contributed by atoms with Crippen LogP contribution in [0.5, 0.6) is 0 Å². The van der Waals surface area contributed by atoms with Crippen LogP contribution in [0.25, 0.3) is 10.8 Å². The van der Waals surface area contributed by atoms with Crippen molar-refractivity contribution in [3.63, 3.8) is 0 Å². The zero-order chi connectivity index (χ0) is 9.97. The number of nitrogens with zero attached hydrogens (tertiary/aromatic N) is 2. The molecule has 2 rings (SSSR count). The number of aromatic nitrogens is 2. The predicted molar refractivity (Wildman–Crippen MR) is 58.0 cm³/mol. The fourth-order valence-electron chi connectivity index (χ4n) is 0.879. The molecule has 0 fully saturated rings. The third-order valence-corrected chi connectivity index (χ3v) is 2.34. The molecule has 0 unspecified atom stereocenters. The number of hydrogen-bond acceptors (Lipinski definition) is 5. The molecule has 0 aliphatic carbocycles. The molecule has 14 heavy (non-hydrogen) atoms. The molecule has 2 heterocycles. The third-order valence-electron chi connectivity index (χ3n) is 1.39. The van der Waals surface area contributed by atoms with Crippen LogP contribution in [0.2, 0.25) is 0 Å². The Kier molecular flexibility index (Phi) is 2.42. The van der Waals surface area contributed by atoms with Crippen molar-refractivity contribution in [3.05, 3.63) is 18.4 Å². The van der Waals surface area contributed by atoms with Crippen LogP contribution in [0.1, 0.15) is 0 Å². The molecule has 0 atom stereocenters. The van der Waals surface area contributed by atoms with Crippen LogP contribution >= 0.6 is 23.6 Å². The maximum absolute atomic E-state index is 5.29. The summed E-state index contributed by atoms with van der Waals surface area (Å²) in [5.41, 5.74) is 5.29. The van der Waals surface area contributed by atoms with Gasteiger partial charge in [-0.2, -0.15) is 0 Å². The van der Waals surface area contributed by atoms with Gasteiger partial charge in [-0.3, -0.25) is 0 Å². The number of rotatable bonds is 2. The zero-order valence-electron chi connectivity index (χ0n) is 6.93. The van der Waals surface area contributed by atoms with Crippen LogP contribution < -0.4 is 11.1 Å². The van der Waals surface area contributed by atoms with Gasteiger partial charge < -0.3 is 15.5 Å². The Labute approximate surface area is 88.9 Å². The Morgan fingerprint density at radius 3 is 3.07 bits per heavy atom. The number of anilines is 1. The minimum atomic E-state index is 0.173. The molecule has 0 saturated heterocycles. The average Bonchev–Trinajstić information content (AvgIpc) is 2.69. The quantitative estimate of drug-likeness (QED) is 0.755. The molecule has 3 N–H and O–H groups in total. The Morgan fingerprint density at radius 1 is 1.57 bits per heavy atom. The van der Waals surface area contributed by atoms with Gasteiger partial charge in [-0.05, 0) is 24.4 Å². The predicted octanol–water partition coefficient (Wildman–Crippen LogP) is 1.45. The molecule has 0 bridgehead atoms. The van der Waals surface area contributed by atoms with Crippen LogP contribution in [0, 0.1) is 0 Å². The Hall–Kier alpha value is -1.47. The summed E-state index contributed by atoms with van der Waals surface area (Å²) in [6, 6.07) is 3.60. The fourth-order valence-corrected chi connectivity index (χ4v) is 1.76. The van der Waals surface area contributed by atoms with Gasteiger partial charge in [0, 0.05) is 0 Å². The highest BCUT2D eigenvalue weighted by Crippen LogP contribution is 2.26. The summed E-state index contributed by atoms with van der Waals surface area (Å²) in [5, 5.41) is 11.9. The first kappa shape index (κ1) is 9.10. The van der Waals surface area contributed by atoms with Crippen molar-refractivity contribution in [1.29, 1.82) is 0 Å². The third kappa shape index (κ3) is 1.88. The van der Waals surface area contributed by atoms with Crippen LogP contribution in [0.3, 0.4) is 0 Å². The summed E-state index contributed by atoms with van der Waals surface area (Å²) in [5.74, 6) is 0.679. The van der Waals surface area contributed by atoms with Gasteiger partial charge >= 0.3 is 0 Å². The Bertz CT molecular complexity index is 436. The summed E-state index contributed by atoms with van der Waals surface area (Å²) >= 11 is 5.99. The SMILES string of the molecule is NC(=S)Nc1nnc(-c2ccco2)s1. The summed E-state index contributed by atoms with van der Waals surface area (Å²) in [7, 11) is 0. The van der Waals surface area contributed by atoms with E-state index in [1.54, 1.807) is 12.3 Å². The van der Waals surface area contributed by atoms with Gasteiger partial charge in [-0.1, -0.05) is 11.3 Å². The lowest BCUT2D eigenvalue weighted by molar-refractivity contribution is 0.581. The van der Waals surface area contributed by atoms with Crippen molar-refractivity contribution in [2.45, 2.75) is 0 Å². The first-order chi connectivity index (χ1) is 6.75. The smallest absolute Gasteiger partial charge is 0.212 e. The number of nitrogens with one attached hydrogen (secondary N) is 1. The summed E-state index contributed by atoms with van der Waals surface area (Å²) < 4.78 is 5.15. The molecule has 0 aromatic carbocycles. The summed E-state index contributed by atoms with van der Waals surface area (Å²) in [6.07, 6.45) is 1.58.